The third-order valence-corrected chi connectivity index (χ3v) is 7.18. The van der Waals surface area contributed by atoms with Crippen molar-refractivity contribution in [2.45, 2.75) is 32.1 Å². The first kappa shape index (κ1) is 23.9. The first-order chi connectivity index (χ1) is 18.5. The van der Waals surface area contributed by atoms with Crippen molar-refractivity contribution < 1.29 is 27.9 Å². The number of aromatic nitrogens is 2. The number of nitrogens with zero attached hydrogens (tertiary/aromatic N) is 3. The molecule has 4 heterocycles. The summed E-state index contributed by atoms with van der Waals surface area (Å²) in [5.41, 5.74) is 2.74. The summed E-state index contributed by atoms with van der Waals surface area (Å²) in [5, 5.41) is 7.73. The number of hydrogen-bond donors (Lipinski definition) is 1. The highest BCUT2D eigenvalue weighted by molar-refractivity contribution is 6.09. The fourth-order valence-corrected chi connectivity index (χ4v) is 5.34. The van der Waals surface area contributed by atoms with Gasteiger partial charge in [-0.3, -0.25) is 14.7 Å². The van der Waals surface area contributed by atoms with Gasteiger partial charge in [0.05, 0.1) is 18.6 Å². The zero-order chi connectivity index (χ0) is 26.4. The molecule has 4 aromatic rings. The van der Waals surface area contributed by atoms with Gasteiger partial charge in [-0.25, -0.2) is 9.18 Å². The molecule has 2 aliphatic heterocycles. The molecule has 1 atom stereocenters. The van der Waals surface area contributed by atoms with Gasteiger partial charge in [0, 0.05) is 42.1 Å². The third-order valence-electron chi connectivity index (χ3n) is 7.18. The molecule has 1 saturated heterocycles. The van der Waals surface area contributed by atoms with Crippen molar-refractivity contribution >= 4 is 40.1 Å². The number of hydrogen-bond acceptors (Lipinski definition) is 6. The molecule has 6 rings (SSSR count). The first-order valence-electron chi connectivity index (χ1n) is 12.6. The van der Waals surface area contributed by atoms with Crippen molar-refractivity contribution in [2.75, 3.05) is 29.5 Å². The van der Waals surface area contributed by atoms with Gasteiger partial charge in [-0.2, -0.15) is 5.10 Å². The van der Waals surface area contributed by atoms with E-state index >= 15 is 4.39 Å². The number of amides is 2. The van der Waals surface area contributed by atoms with Crippen LogP contribution in [0.25, 0.3) is 11.0 Å². The summed E-state index contributed by atoms with van der Waals surface area (Å²) >= 11 is 0. The Kier molecular flexibility index (Phi) is 5.94. The maximum absolute atomic E-state index is 15.3. The lowest BCUT2D eigenvalue weighted by Crippen LogP contribution is -2.41. The summed E-state index contributed by atoms with van der Waals surface area (Å²) in [6, 6.07) is 11.9. The van der Waals surface area contributed by atoms with Crippen molar-refractivity contribution in [3.05, 3.63) is 77.1 Å². The quantitative estimate of drug-likeness (QED) is 0.383. The van der Waals surface area contributed by atoms with Crippen molar-refractivity contribution in [1.29, 1.82) is 0 Å². The number of carbonyl (C=O) groups excluding carboxylic acids is 3. The Hall–Kier alpha value is -4.47. The van der Waals surface area contributed by atoms with Crippen LogP contribution >= 0.6 is 0 Å². The molecule has 0 spiro atoms. The van der Waals surface area contributed by atoms with Crippen LogP contribution in [0.15, 0.2) is 53.1 Å². The van der Waals surface area contributed by atoms with Gasteiger partial charge < -0.3 is 19.0 Å². The Morgan fingerprint density at radius 1 is 1.16 bits per heavy atom. The number of rotatable bonds is 5. The van der Waals surface area contributed by atoms with Crippen LogP contribution in [0, 0.1) is 5.82 Å². The molecule has 0 aliphatic carbocycles. The average molecular weight is 517 g/mol. The topological polar surface area (TPSA) is 109 Å². The Morgan fingerprint density at radius 2 is 2.03 bits per heavy atom. The zero-order valence-corrected chi connectivity index (χ0v) is 20.7. The Bertz CT molecular complexity index is 1570. The minimum Gasteiger partial charge on any atom is -0.464 e. The first-order valence-corrected chi connectivity index (χ1v) is 12.6. The molecule has 10 heteroatoms. The molecule has 2 amide bonds. The predicted octanol–water partition coefficient (Wildman–Crippen LogP) is 4.78. The number of anilines is 2. The van der Waals surface area contributed by atoms with Gasteiger partial charge in [0.25, 0.3) is 5.91 Å². The lowest BCUT2D eigenvalue weighted by Gasteiger charge is -2.33. The molecule has 2 aliphatic rings. The molecular weight excluding hydrogens is 491 g/mol. The molecule has 38 heavy (non-hydrogen) atoms. The van der Waals surface area contributed by atoms with Gasteiger partial charge in [-0.05, 0) is 61.7 Å². The van der Waals surface area contributed by atoms with E-state index in [1.54, 1.807) is 25.3 Å². The molecule has 1 fully saturated rings. The summed E-state index contributed by atoms with van der Waals surface area (Å²) in [4.78, 5) is 41.6. The molecule has 194 valence electrons. The zero-order valence-electron chi connectivity index (χ0n) is 20.7. The number of H-pyrrole nitrogens is 1. The summed E-state index contributed by atoms with van der Waals surface area (Å²) in [6.07, 6.45) is 3.59. The monoisotopic (exact) mass is 516 g/mol. The van der Waals surface area contributed by atoms with Crippen LogP contribution in [0.4, 0.5) is 15.8 Å². The molecule has 1 N–H and O–H groups in total. The second-order valence-electron chi connectivity index (χ2n) is 9.41. The number of fused-ring (bicyclic) bond motifs is 2. The number of esters is 1. The second kappa shape index (κ2) is 9.44. The van der Waals surface area contributed by atoms with E-state index in [1.807, 2.05) is 24.3 Å². The minimum absolute atomic E-state index is 0.0530. The van der Waals surface area contributed by atoms with Gasteiger partial charge in [-0.15, -0.1) is 0 Å². The Labute approximate surface area is 217 Å². The van der Waals surface area contributed by atoms with Crippen LogP contribution < -0.4 is 9.80 Å². The fourth-order valence-electron chi connectivity index (χ4n) is 5.34. The van der Waals surface area contributed by atoms with E-state index in [-0.39, 0.29) is 36.1 Å². The van der Waals surface area contributed by atoms with Crippen molar-refractivity contribution in [2.24, 2.45) is 0 Å². The minimum atomic E-state index is -0.623. The number of ether oxygens (including phenoxy) is 1. The molecule has 2 aromatic carbocycles. The number of benzene rings is 2. The van der Waals surface area contributed by atoms with E-state index in [4.69, 9.17) is 9.15 Å². The van der Waals surface area contributed by atoms with Crippen LogP contribution in [0.3, 0.4) is 0 Å². The standard InChI is InChI=1S/C28H25FN4O5/c1-2-37-28(36)26-24-19(16-6-9-22-17(13-16)10-12-38-22)15-33(27(35)25(24)30-31-26)18-7-8-21(20(29)14-18)32-11-4-3-5-23(32)34/h6-10,12-14,19H,2-5,11,15H2,1H3,(H,30,31). The number of aromatic amines is 1. The number of halogens is 1. The summed E-state index contributed by atoms with van der Waals surface area (Å²) in [7, 11) is 0. The van der Waals surface area contributed by atoms with Crippen LogP contribution in [0.2, 0.25) is 0 Å². The van der Waals surface area contributed by atoms with Gasteiger partial charge in [-0.1, -0.05) is 6.07 Å². The smallest absolute Gasteiger partial charge is 0.359 e. The van der Waals surface area contributed by atoms with Gasteiger partial charge in [0.2, 0.25) is 5.91 Å². The maximum atomic E-state index is 15.3. The fraction of sp³-hybridized carbons (Fsp3) is 0.286. The van der Waals surface area contributed by atoms with E-state index in [9.17, 15) is 14.4 Å². The SMILES string of the molecule is CCOC(=O)c1n[nH]c2c1C(c1ccc3occc3c1)CN(c1ccc(N3CCCCC3=O)c(F)c1)C2=O. The molecule has 0 radical (unpaired) electrons. The lowest BCUT2D eigenvalue weighted by molar-refractivity contribution is -0.119. The Balaban J connectivity index is 1.42. The van der Waals surface area contributed by atoms with Crippen LogP contribution in [0.5, 0.6) is 0 Å². The van der Waals surface area contributed by atoms with Crippen molar-refractivity contribution in [3.8, 4) is 0 Å². The van der Waals surface area contributed by atoms with E-state index in [1.165, 1.54) is 15.9 Å². The molecule has 9 nitrogen and oxygen atoms in total. The lowest BCUT2D eigenvalue weighted by atomic mass is 9.85. The maximum Gasteiger partial charge on any atom is 0.359 e. The Morgan fingerprint density at radius 3 is 2.82 bits per heavy atom. The molecule has 0 saturated carbocycles. The highest BCUT2D eigenvalue weighted by Gasteiger charge is 2.39. The van der Waals surface area contributed by atoms with Crippen LogP contribution in [-0.4, -0.2) is 47.7 Å². The van der Waals surface area contributed by atoms with Gasteiger partial charge >= 0.3 is 5.97 Å². The summed E-state index contributed by atoms with van der Waals surface area (Å²) in [6.45, 7) is 2.47. The molecular formula is C28H25FN4O5. The number of furan rings is 1. The van der Waals surface area contributed by atoms with E-state index in [0.717, 1.165) is 23.8 Å². The van der Waals surface area contributed by atoms with E-state index in [0.29, 0.717) is 29.8 Å². The number of nitrogens with one attached hydrogen (secondary N) is 1. The van der Waals surface area contributed by atoms with Crippen LogP contribution in [-0.2, 0) is 9.53 Å². The van der Waals surface area contributed by atoms with E-state index in [2.05, 4.69) is 10.2 Å². The van der Waals surface area contributed by atoms with Gasteiger partial charge in [0.1, 0.15) is 17.1 Å². The van der Waals surface area contributed by atoms with Crippen molar-refractivity contribution in [3.63, 3.8) is 0 Å². The third kappa shape index (κ3) is 3.93. The summed E-state index contributed by atoms with van der Waals surface area (Å²) in [5.74, 6) is -2.21. The normalized spacial score (nSPS) is 17.7. The van der Waals surface area contributed by atoms with Crippen LogP contribution in [0.1, 0.15) is 64.2 Å². The van der Waals surface area contributed by atoms with E-state index < -0.39 is 23.6 Å². The molecule has 0 bridgehead atoms. The highest BCUT2D eigenvalue weighted by Crippen LogP contribution is 2.39. The predicted molar refractivity (Wildman–Crippen MR) is 137 cm³/mol. The largest absolute Gasteiger partial charge is 0.464 e. The molecule has 1 unspecified atom stereocenters. The van der Waals surface area contributed by atoms with Crippen molar-refractivity contribution in [1.82, 2.24) is 10.2 Å². The molecule has 2 aromatic heterocycles. The summed E-state index contributed by atoms with van der Waals surface area (Å²) < 4.78 is 26.0. The average Bonchev–Trinajstić information content (AvgIpc) is 3.57. The second-order valence-corrected chi connectivity index (χ2v) is 9.41. The van der Waals surface area contributed by atoms with Gasteiger partial charge in [0.15, 0.2) is 5.69 Å². The highest BCUT2D eigenvalue weighted by atomic mass is 19.1. The number of carbonyl (C=O) groups is 3. The number of piperidine rings is 1.